The average Bonchev–Trinajstić information content (AvgIpc) is 2.86. The van der Waals surface area contributed by atoms with Crippen molar-refractivity contribution in [3.63, 3.8) is 0 Å². The third-order valence-corrected chi connectivity index (χ3v) is 5.49. The molecule has 2 N–H and O–H groups in total. The van der Waals surface area contributed by atoms with Gasteiger partial charge in [-0.1, -0.05) is 42.5 Å². The molecule has 0 unspecified atom stereocenters. The number of nitrogens with zero attached hydrogens (tertiary/aromatic N) is 1. The lowest BCUT2D eigenvalue weighted by Gasteiger charge is -2.13. The van der Waals surface area contributed by atoms with Gasteiger partial charge in [-0.2, -0.15) is 13.2 Å². The minimum Gasteiger partial charge on any atom is -0.385 e. The second-order valence-corrected chi connectivity index (χ2v) is 8.06. The lowest BCUT2D eigenvalue weighted by Crippen LogP contribution is -2.14. The molecule has 0 bridgehead atoms. The Labute approximate surface area is 201 Å². The number of benzene rings is 3. The van der Waals surface area contributed by atoms with Gasteiger partial charge in [-0.25, -0.2) is 0 Å². The minimum absolute atomic E-state index is 0.215. The molecule has 4 rings (SSSR count). The first-order valence-corrected chi connectivity index (χ1v) is 11.2. The Morgan fingerprint density at radius 1 is 0.829 bits per heavy atom. The van der Waals surface area contributed by atoms with E-state index in [2.05, 4.69) is 15.6 Å². The maximum absolute atomic E-state index is 13.1. The van der Waals surface area contributed by atoms with Gasteiger partial charge in [-0.05, 0) is 66.1 Å². The molecule has 0 saturated carbocycles. The van der Waals surface area contributed by atoms with Crippen LogP contribution in [0, 0.1) is 0 Å². The van der Waals surface area contributed by atoms with Gasteiger partial charge in [0.25, 0.3) is 5.91 Å². The summed E-state index contributed by atoms with van der Waals surface area (Å²) in [4.78, 5) is 17.2. The van der Waals surface area contributed by atoms with Gasteiger partial charge in [0.05, 0.1) is 5.56 Å². The highest BCUT2D eigenvalue weighted by molar-refractivity contribution is 6.05. The van der Waals surface area contributed by atoms with E-state index in [0.29, 0.717) is 22.4 Å². The third-order valence-electron chi connectivity index (χ3n) is 5.49. The SMILES string of the molecule is O=C(Nc1ccc(NCCc2ccccn2)cc1)c1ccccc1Cc1cccc(C(F)(F)F)c1. The molecule has 3 aromatic carbocycles. The second-order valence-electron chi connectivity index (χ2n) is 8.06. The highest BCUT2D eigenvalue weighted by Crippen LogP contribution is 2.30. The molecule has 0 spiro atoms. The number of alkyl halides is 3. The molecule has 0 radical (unpaired) electrons. The number of nitrogens with one attached hydrogen (secondary N) is 2. The van der Waals surface area contributed by atoms with Crippen molar-refractivity contribution < 1.29 is 18.0 Å². The zero-order valence-corrected chi connectivity index (χ0v) is 18.8. The van der Waals surface area contributed by atoms with Crippen LogP contribution in [0.15, 0.2) is 97.2 Å². The number of hydrogen-bond donors (Lipinski definition) is 2. The van der Waals surface area contributed by atoms with E-state index in [4.69, 9.17) is 0 Å². The van der Waals surface area contributed by atoms with E-state index in [1.807, 2.05) is 30.3 Å². The first-order chi connectivity index (χ1) is 16.9. The smallest absolute Gasteiger partial charge is 0.385 e. The van der Waals surface area contributed by atoms with Gasteiger partial charge in [-0.3, -0.25) is 9.78 Å². The zero-order valence-electron chi connectivity index (χ0n) is 18.8. The Bertz CT molecular complexity index is 1270. The molecule has 0 aliphatic heterocycles. The number of anilines is 2. The fraction of sp³-hybridized carbons (Fsp3) is 0.143. The summed E-state index contributed by atoms with van der Waals surface area (Å²) in [5, 5.41) is 6.20. The molecule has 4 aromatic rings. The summed E-state index contributed by atoms with van der Waals surface area (Å²) in [6.07, 6.45) is -1.63. The number of hydrogen-bond acceptors (Lipinski definition) is 3. The van der Waals surface area contributed by atoms with E-state index < -0.39 is 11.7 Å². The average molecular weight is 476 g/mol. The topological polar surface area (TPSA) is 54.0 Å². The van der Waals surface area contributed by atoms with Crippen molar-refractivity contribution in [2.24, 2.45) is 0 Å². The summed E-state index contributed by atoms with van der Waals surface area (Å²) >= 11 is 0. The minimum atomic E-state index is -4.41. The number of carbonyl (C=O) groups excluding carboxylic acids is 1. The van der Waals surface area contributed by atoms with E-state index in [9.17, 15) is 18.0 Å². The number of amides is 1. The van der Waals surface area contributed by atoms with Crippen LogP contribution >= 0.6 is 0 Å². The summed E-state index contributed by atoms with van der Waals surface area (Å²) in [6.45, 7) is 0.728. The standard InChI is InChI=1S/C28H24F3N3O/c29-28(30,31)22-8-5-6-20(19-22)18-21-7-1-2-10-26(21)27(35)34-25-13-11-24(12-14-25)33-17-15-23-9-3-4-16-32-23/h1-14,16,19,33H,15,17-18H2,(H,34,35). The Kier molecular flexibility index (Phi) is 7.45. The highest BCUT2D eigenvalue weighted by Gasteiger charge is 2.30. The molecule has 178 valence electrons. The first-order valence-electron chi connectivity index (χ1n) is 11.2. The van der Waals surface area contributed by atoms with Gasteiger partial charge in [0.2, 0.25) is 0 Å². The maximum atomic E-state index is 13.1. The number of rotatable bonds is 8. The number of carbonyl (C=O) groups is 1. The van der Waals surface area contributed by atoms with Crippen molar-refractivity contribution in [1.29, 1.82) is 0 Å². The molecule has 0 atom stereocenters. The van der Waals surface area contributed by atoms with Crippen LogP contribution < -0.4 is 10.6 Å². The molecule has 0 aliphatic carbocycles. The number of pyridine rings is 1. The van der Waals surface area contributed by atoms with Gasteiger partial charge in [0, 0.05) is 41.8 Å². The van der Waals surface area contributed by atoms with Gasteiger partial charge < -0.3 is 10.6 Å². The van der Waals surface area contributed by atoms with Crippen LogP contribution in [0.3, 0.4) is 0 Å². The zero-order chi connectivity index (χ0) is 24.7. The number of halogens is 3. The fourth-order valence-corrected chi connectivity index (χ4v) is 3.72. The number of aromatic nitrogens is 1. The van der Waals surface area contributed by atoms with Crippen LogP contribution in [-0.2, 0) is 19.0 Å². The Balaban J connectivity index is 1.39. The Morgan fingerprint density at radius 2 is 1.57 bits per heavy atom. The van der Waals surface area contributed by atoms with Crippen LogP contribution in [-0.4, -0.2) is 17.4 Å². The monoisotopic (exact) mass is 475 g/mol. The normalized spacial score (nSPS) is 11.2. The summed E-state index contributed by atoms with van der Waals surface area (Å²) < 4.78 is 39.2. The van der Waals surface area contributed by atoms with Crippen molar-refractivity contribution in [1.82, 2.24) is 4.98 Å². The first kappa shape index (κ1) is 24.0. The van der Waals surface area contributed by atoms with Crippen molar-refractivity contribution >= 4 is 17.3 Å². The van der Waals surface area contributed by atoms with Crippen LogP contribution in [0.2, 0.25) is 0 Å². The maximum Gasteiger partial charge on any atom is 0.416 e. The van der Waals surface area contributed by atoms with Crippen LogP contribution in [0.25, 0.3) is 0 Å². The molecular weight excluding hydrogens is 451 g/mol. The molecule has 0 fully saturated rings. The van der Waals surface area contributed by atoms with Crippen molar-refractivity contribution in [2.75, 3.05) is 17.2 Å². The summed E-state index contributed by atoms with van der Waals surface area (Å²) in [7, 11) is 0. The quantitative estimate of drug-likeness (QED) is 0.302. The second kappa shape index (κ2) is 10.9. The molecule has 0 saturated heterocycles. The van der Waals surface area contributed by atoms with Crippen LogP contribution in [0.4, 0.5) is 24.5 Å². The predicted molar refractivity (Wildman–Crippen MR) is 132 cm³/mol. The highest BCUT2D eigenvalue weighted by atomic mass is 19.4. The van der Waals surface area contributed by atoms with Gasteiger partial charge in [0.1, 0.15) is 0 Å². The lowest BCUT2D eigenvalue weighted by molar-refractivity contribution is -0.137. The van der Waals surface area contributed by atoms with Crippen LogP contribution in [0.5, 0.6) is 0 Å². The van der Waals surface area contributed by atoms with E-state index in [-0.39, 0.29) is 12.3 Å². The van der Waals surface area contributed by atoms with Crippen molar-refractivity contribution in [3.8, 4) is 0 Å². The predicted octanol–water partition coefficient (Wildman–Crippen LogP) is 6.60. The van der Waals surface area contributed by atoms with E-state index >= 15 is 0 Å². The molecule has 4 nitrogen and oxygen atoms in total. The van der Waals surface area contributed by atoms with E-state index in [0.717, 1.165) is 36.5 Å². The molecule has 0 aliphatic rings. The van der Waals surface area contributed by atoms with Crippen molar-refractivity contribution in [3.05, 3.63) is 125 Å². The summed E-state index contributed by atoms with van der Waals surface area (Å²) in [5.74, 6) is -0.316. The van der Waals surface area contributed by atoms with E-state index in [1.165, 1.54) is 6.07 Å². The van der Waals surface area contributed by atoms with E-state index in [1.54, 1.807) is 48.7 Å². The molecular formula is C28H24F3N3O. The Morgan fingerprint density at radius 3 is 2.31 bits per heavy atom. The van der Waals surface area contributed by atoms with Gasteiger partial charge in [0.15, 0.2) is 0 Å². The fourth-order valence-electron chi connectivity index (χ4n) is 3.72. The lowest BCUT2D eigenvalue weighted by atomic mass is 9.98. The largest absolute Gasteiger partial charge is 0.416 e. The van der Waals surface area contributed by atoms with Gasteiger partial charge in [-0.15, -0.1) is 0 Å². The Hall–Kier alpha value is -4.13. The molecule has 1 heterocycles. The summed E-state index contributed by atoms with van der Waals surface area (Å²) in [5.41, 5.74) is 3.40. The molecule has 1 aromatic heterocycles. The van der Waals surface area contributed by atoms with Gasteiger partial charge >= 0.3 is 6.18 Å². The third kappa shape index (κ3) is 6.69. The molecule has 7 heteroatoms. The molecule has 35 heavy (non-hydrogen) atoms. The van der Waals surface area contributed by atoms with Crippen molar-refractivity contribution in [2.45, 2.75) is 19.0 Å². The summed E-state index contributed by atoms with van der Waals surface area (Å²) in [6, 6.07) is 25.3. The van der Waals surface area contributed by atoms with Crippen LogP contribution in [0.1, 0.15) is 32.7 Å². The molecule has 1 amide bonds.